The molecule has 5 fully saturated rings. The van der Waals surface area contributed by atoms with E-state index in [1.165, 1.54) is 66.8 Å². The molecule has 6 heteroatoms. The zero-order valence-electron chi connectivity index (χ0n) is 36.2. The summed E-state index contributed by atoms with van der Waals surface area (Å²) in [6.07, 6.45) is 0.862. The molecule has 0 radical (unpaired) electrons. The molecule has 6 aromatic carbocycles. The molecule has 6 bridgehead atoms. The smallest absolute Gasteiger partial charge is 0.0955 e. The summed E-state index contributed by atoms with van der Waals surface area (Å²) in [5.74, 6) is 0. The molecular weight excluding hydrogens is 733 g/mol. The van der Waals surface area contributed by atoms with Gasteiger partial charge in [-0.25, -0.2) is 0 Å². The van der Waals surface area contributed by atoms with Crippen LogP contribution in [0.3, 0.4) is 0 Å². The number of hydrogen-bond donors (Lipinski definition) is 0. The van der Waals surface area contributed by atoms with Crippen molar-refractivity contribution >= 4 is 0 Å². The Balaban J connectivity index is 1.21. The fourth-order valence-electron chi connectivity index (χ4n) is 10.7. The summed E-state index contributed by atoms with van der Waals surface area (Å²) in [7, 11) is 0. The Bertz CT molecular complexity index is 2100. The van der Waals surface area contributed by atoms with Crippen molar-refractivity contribution in [3.05, 3.63) is 212 Å². The Hall–Kier alpha value is -4.92. The zero-order chi connectivity index (χ0) is 41.1. The first-order valence-corrected chi connectivity index (χ1v) is 22.0. The Morgan fingerprint density at radius 1 is 0.217 bits per heavy atom. The molecule has 60 heavy (non-hydrogen) atoms. The van der Waals surface area contributed by atoms with Gasteiger partial charge < -0.3 is 0 Å². The van der Waals surface area contributed by atoms with Crippen LogP contribution in [0.1, 0.15) is 66.8 Å². The van der Waals surface area contributed by atoms with E-state index in [4.69, 9.17) is 0 Å². The average Bonchev–Trinajstić information content (AvgIpc) is 3.67. The number of hydrogen-bond acceptors (Lipinski definition) is 6. The average molecular weight is 793 g/mol. The lowest BCUT2D eigenvalue weighted by molar-refractivity contribution is -0.166. The van der Waals surface area contributed by atoms with Gasteiger partial charge in [0.15, 0.2) is 0 Å². The van der Waals surface area contributed by atoms with Crippen molar-refractivity contribution in [3.63, 3.8) is 0 Å². The van der Waals surface area contributed by atoms with Gasteiger partial charge in [0.2, 0.25) is 0 Å². The lowest BCUT2D eigenvalue weighted by Crippen LogP contribution is -2.73. The summed E-state index contributed by atoms with van der Waals surface area (Å²) >= 11 is 0. The van der Waals surface area contributed by atoms with E-state index in [1.807, 2.05) is 0 Å². The van der Waals surface area contributed by atoms with E-state index in [-0.39, 0.29) is 37.0 Å². The van der Waals surface area contributed by atoms with Gasteiger partial charge in [-0.05, 0) is 74.9 Å². The maximum absolute atomic E-state index is 2.94. The molecule has 5 aliphatic rings. The van der Waals surface area contributed by atoms with Gasteiger partial charge in [0.05, 0.1) is 37.0 Å². The molecule has 0 N–H and O–H groups in total. The van der Waals surface area contributed by atoms with Gasteiger partial charge in [-0.1, -0.05) is 179 Å². The van der Waals surface area contributed by atoms with E-state index in [2.05, 4.69) is 217 Å². The maximum Gasteiger partial charge on any atom is 0.0955 e. The highest BCUT2D eigenvalue weighted by atomic mass is 15.8. The molecule has 0 aromatic heterocycles. The van der Waals surface area contributed by atoms with Gasteiger partial charge in [0.1, 0.15) is 0 Å². The molecule has 0 spiro atoms. The highest BCUT2D eigenvalue weighted by molar-refractivity contribution is 5.31. The first-order valence-electron chi connectivity index (χ1n) is 22.0. The summed E-state index contributed by atoms with van der Waals surface area (Å²) in [4.78, 5) is 17.6. The number of aryl methyl sites for hydroxylation is 6. The minimum absolute atomic E-state index is 0.122. The molecule has 5 heterocycles. The molecule has 5 aliphatic heterocycles. The van der Waals surface area contributed by atoms with E-state index in [9.17, 15) is 0 Å². The van der Waals surface area contributed by atoms with E-state index < -0.39 is 0 Å². The monoisotopic (exact) mass is 792 g/mol. The molecule has 0 amide bonds. The van der Waals surface area contributed by atoms with Crippen molar-refractivity contribution in [2.45, 2.75) is 118 Å². The number of rotatable bonds is 12. The van der Waals surface area contributed by atoms with E-state index >= 15 is 0 Å². The third kappa shape index (κ3) is 7.44. The second-order valence-corrected chi connectivity index (χ2v) is 18.4. The third-order valence-corrected chi connectivity index (χ3v) is 13.8. The fraction of sp³-hybridized carbons (Fsp3) is 0.333. The molecule has 0 aliphatic carbocycles. The van der Waals surface area contributed by atoms with Gasteiger partial charge in [0.25, 0.3) is 0 Å². The van der Waals surface area contributed by atoms with Crippen LogP contribution in [0.4, 0.5) is 0 Å². The predicted molar refractivity (Wildman–Crippen MR) is 243 cm³/mol. The fourth-order valence-corrected chi connectivity index (χ4v) is 10.7. The topological polar surface area (TPSA) is 19.4 Å². The Morgan fingerprint density at radius 3 is 0.450 bits per heavy atom. The van der Waals surface area contributed by atoms with Gasteiger partial charge in [-0.3, -0.25) is 29.4 Å². The highest BCUT2D eigenvalue weighted by Gasteiger charge is 2.71. The van der Waals surface area contributed by atoms with E-state index in [1.54, 1.807) is 0 Å². The van der Waals surface area contributed by atoms with Gasteiger partial charge in [-0.15, -0.1) is 0 Å². The lowest BCUT2D eigenvalue weighted by atomic mass is 10.0. The standard InChI is InChI=1S/C54H60N6/c1-37-7-19-43(20-8-37)31-55-49-50-56(32-44-21-9-38(2)10-22-44)53(55)54-57(33-45-23-11-39(3)12-24-45)51(59(49)35-47-27-15-41(5)16-28-47)52(58(54)34-46-25-13-40(4)14-26-46)60(50)36-48-29-17-42(6)18-30-48/h7-30,49-54H,31-36H2,1-6H3. The van der Waals surface area contributed by atoms with E-state index in [0.717, 1.165) is 39.3 Å². The quantitative estimate of drug-likeness (QED) is 0.122. The van der Waals surface area contributed by atoms with Crippen molar-refractivity contribution < 1.29 is 0 Å². The van der Waals surface area contributed by atoms with Gasteiger partial charge in [0, 0.05) is 39.3 Å². The Morgan fingerprint density at radius 2 is 0.333 bits per heavy atom. The second kappa shape index (κ2) is 16.2. The zero-order valence-corrected chi connectivity index (χ0v) is 36.2. The van der Waals surface area contributed by atoms with Crippen molar-refractivity contribution in [1.82, 2.24) is 29.4 Å². The lowest BCUT2D eigenvalue weighted by Gasteiger charge is -2.56. The van der Waals surface area contributed by atoms with Crippen molar-refractivity contribution in [2.75, 3.05) is 0 Å². The molecule has 0 unspecified atom stereocenters. The summed E-state index contributed by atoms with van der Waals surface area (Å²) in [6, 6.07) is 56.0. The van der Waals surface area contributed by atoms with Crippen molar-refractivity contribution in [2.24, 2.45) is 0 Å². The van der Waals surface area contributed by atoms with Crippen molar-refractivity contribution in [3.8, 4) is 0 Å². The van der Waals surface area contributed by atoms with Crippen LogP contribution in [0.25, 0.3) is 0 Å². The van der Waals surface area contributed by atoms with Crippen LogP contribution in [-0.2, 0) is 39.3 Å². The van der Waals surface area contributed by atoms with E-state index in [0.29, 0.717) is 0 Å². The number of piperazine rings is 1. The molecule has 11 rings (SSSR count). The normalized spacial score (nSPS) is 24.5. The highest BCUT2D eigenvalue weighted by Crippen LogP contribution is 2.54. The maximum atomic E-state index is 2.94. The molecule has 6 nitrogen and oxygen atoms in total. The van der Waals surface area contributed by atoms with Crippen LogP contribution in [0.2, 0.25) is 0 Å². The van der Waals surface area contributed by atoms with Gasteiger partial charge >= 0.3 is 0 Å². The molecule has 6 aromatic rings. The van der Waals surface area contributed by atoms with Crippen molar-refractivity contribution in [1.29, 1.82) is 0 Å². The van der Waals surface area contributed by atoms with Crippen LogP contribution in [0.5, 0.6) is 0 Å². The first kappa shape index (κ1) is 39.2. The van der Waals surface area contributed by atoms with Crippen LogP contribution >= 0.6 is 0 Å². The van der Waals surface area contributed by atoms with Crippen LogP contribution < -0.4 is 0 Å². The second-order valence-electron chi connectivity index (χ2n) is 18.4. The summed E-state index contributed by atoms with van der Waals surface area (Å²) in [5.41, 5.74) is 16.1. The predicted octanol–water partition coefficient (Wildman–Crippen LogP) is 9.86. The molecule has 0 saturated carbocycles. The van der Waals surface area contributed by atoms with Crippen LogP contribution in [0.15, 0.2) is 146 Å². The summed E-state index contributed by atoms with van der Waals surface area (Å²) < 4.78 is 0. The molecular formula is C54H60N6. The summed E-state index contributed by atoms with van der Waals surface area (Å²) in [6.45, 7) is 18.5. The largest absolute Gasteiger partial charge is 0.262 e. The van der Waals surface area contributed by atoms with Crippen LogP contribution in [0, 0.1) is 41.5 Å². The number of nitrogens with zero attached hydrogens (tertiary/aromatic N) is 6. The first-order chi connectivity index (χ1) is 29.2. The third-order valence-electron chi connectivity index (χ3n) is 13.8. The summed E-state index contributed by atoms with van der Waals surface area (Å²) in [5, 5.41) is 0. The SMILES string of the molecule is Cc1ccc(CN2C3C4N(Cc5ccc(C)cc5)C2C2N(Cc5ccc(C)cc5)C(C(N2Cc2ccc(C)cc2)N4Cc2ccc(C)cc2)N3Cc2ccc(C)cc2)cc1. The van der Waals surface area contributed by atoms with Gasteiger partial charge in [-0.2, -0.15) is 0 Å². The Kier molecular flexibility index (Phi) is 10.6. The molecule has 0 atom stereocenters. The molecule has 306 valence electrons. The minimum atomic E-state index is 0.122. The molecule has 5 saturated heterocycles. The minimum Gasteiger partial charge on any atom is -0.262 e. The Labute approximate surface area is 358 Å². The van der Waals surface area contributed by atoms with Crippen LogP contribution in [-0.4, -0.2) is 66.4 Å². The number of benzene rings is 6.